The summed E-state index contributed by atoms with van der Waals surface area (Å²) in [6.45, 7) is 4.60. The minimum absolute atomic E-state index is 0.0471. The van der Waals surface area contributed by atoms with E-state index in [0.29, 0.717) is 23.0 Å². The summed E-state index contributed by atoms with van der Waals surface area (Å²) in [4.78, 5) is 16.8. The second kappa shape index (κ2) is 6.13. The lowest BCUT2D eigenvalue weighted by Gasteiger charge is -2.39. The Hall–Kier alpha value is -1.75. The first-order valence-electron chi connectivity index (χ1n) is 6.99. The van der Waals surface area contributed by atoms with Gasteiger partial charge in [-0.2, -0.15) is 0 Å². The molecule has 2 rings (SSSR count). The van der Waals surface area contributed by atoms with Gasteiger partial charge in [-0.1, -0.05) is 6.92 Å². The first-order valence-corrected chi connectivity index (χ1v) is 6.99. The molecule has 5 nitrogen and oxygen atoms in total. The fourth-order valence-electron chi connectivity index (χ4n) is 2.62. The van der Waals surface area contributed by atoms with Crippen LogP contribution in [0.3, 0.4) is 0 Å². The van der Waals surface area contributed by atoms with E-state index in [1.54, 1.807) is 25.3 Å². The Morgan fingerprint density at radius 1 is 1.45 bits per heavy atom. The number of methoxy groups -OCH3 is 1. The minimum Gasteiger partial charge on any atom is -0.495 e. The van der Waals surface area contributed by atoms with Crippen LogP contribution in [0.1, 0.15) is 23.7 Å². The molecule has 0 radical (unpaired) electrons. The molecule has 5 heteroatoms. The van der Waals surface area contributed by atoms with Crippen LogP contribution in [0.5, 0.6) is 5.75 Å². The van der Waals surface area contributed by atoms with E-state index in [9.17, 15) is 4.79 Å². The number of nitrogens with zero attached hydrogens (tertiary/aromatic N) is 2. The lowest BCUT2D eigenvalue weighted by Crippen LogP contribution is -2.52. The largest absolute Gasteiger partial charge is 0.495 e. The van der Waals surface area contributed by atoms with Crippen LogP contribution in [0, 0.1) is 0 Å². The second-order valence-corrected chi connectivity index (χ2v) is 5.25. The summed E-state index contributed by atoms with van der Waals surface area (Å²) < 4.78 is 5.12. The van der Waals surface area contributed by atoms with E-state index in [0.717, 1.165) is 26.1 Å². The van der Waals surface area contributed by atoms with Gasteiger partial charge in [-0.3, -0.25) is 9.69 Å². The third-order valence-electron chi connectivity index (χ3n) is 4.01. The molecule has 1 aliphatic heterocycles. The summed E-state index contributed by atoms with van der Waals surface area (Å²) in [6, 6.07) is 5.65. The SMILES string of the molecule is CCC1CN(C(=O)c2ccc(OC)c(N)c2)CCN1C. The molecule has 1 fully saturated rings. The van der Waals surface area contributed by atoms with Crippen molar-refractivity contribution < 1.29 is 9.53 Å². The third-order valence-corrected chi connectivity index (χ3v) is 4.01. The molecule has 1 amide bonds. The van der Waals surface area contributed by atoms with Crippen LogP contribution in [-0.2, 0) is 0 Å². The van der Waals surface area contributed by atoms with Gasteiger partial charge >= 0.3 is 0 Å². The number of rotatable bonds is 3. The summed E-state index contributed by atoms with van der Waals surface area (Å²) in [6.07, 6.45) is 1.05. The van der Waals surface area contributed by atoms with Crippen molar-refractivity contribution in [2.45, 2.75) is 19.4 Å². The highest BCUT2D eigenvalue weighted by Gasteiger charge is 2.26. The standard InChI is InChI=1S/C15H23N3O2/c1-4-12-10-18(8-7-17(12)2)15(19)11-5-6-14(20-3)13(16)9-11/h5-6,9,12H,4,7-8,10,16H2,1-3H3. The van der Waals surface area contributed by atoms with Gasteiger partial charge in [-0.15, -0.1) is 0 Å². The van der Waals surface area contributed by atoms with Gasteiger partial charge in [0.1, 0.15) is 5.75 Å². The van der Waals surface area contributed by atoms with Crippen LogP contribution in [0.25, 0.3) is 0 Å². The smallest absolute Gasteiger partial charge is 0.254 e. The van der Waals surface area contributed by atoms with E-state index in [4.69, 9.17) is 10.5 Å². The number of carbonyl (C=O) groups is 1. The molecule has 0 aliphatic carbocycles. The molecule has 1 aromatic carbocycles. The number of benzene rings is 1. The summed E-state index contributed by atoms with van der Waals surface area (Å²) in [5.74, 6) is 0.650. The number of anilines is 1. The number of likely N-dealkylation sites (N-methyl/N-ethyl adjacent to an activating group) is 1. The highest BCUT2D eigenvalue weighted by Crippen LogP contribution is 2.23. The van der Waals surface area contributed by atoms with Crippen LogP contribution in [-0.4, -0.2) is 55.5 Å². The maximum Gasteiger partial charge on any atom is 0.254 e. The van der Waals surface area contributed by atoms with Gasteiger partial charge in [0.15, 0.2) is 0 Å². The van der Waals surface area contributed by atoms with E-state index < -0.39 is 0 Å². The molecule has 110 valence electrons. The lowest BCUT2D eigenvalue weighted by atomic mass is 10.1. The predicted molar refractivity (Wildman–Crippen MR) is 80.0 cm³/mol. The molecule has 0 saturated carbocycles. The van der Waals surface area contributed by atoms with Gasteiger partial charge in [0.25, 0.3) is 5.91 Å². The Bertz CT molecular complexity index is 490. The fourth-order valence-corrected chi connectivity index (χ4v) is 2.62. The van der Waals surface area contributed by atoms with Crippen molar-refractivity contribution in [3.05, 3.63) is 23.8 Å². The van der Waals surface area contributed by atoms with Crippen LogP contribution >= 0.6 is 0 Å². The molecule has 0 bridgehead atoms. The molecule has 1 aromatic rings. The van der Waals surface area contributed by atoms with Gasteiger partial charge in [-0.25, -0.2) is 0 Å². The van der Waals surface area contributed by atoms with Crippen LogP contribution in [0.4, 0.5) is 5.69 Å². The number of carbonyl (C=O) groups excluding carboxylic acids is 1. The van der Waals surface area contributed by atoms with Crippen molar-refractivity contribution in [2.75, 3.05) is 39.5 Å². The zero-order chi connectivity index (χ0) is 14.7. The fraction of sp³-hybridized carbons (Fsp3) is 0.533. The molecular weight excluding hydrogens is 254 g/mol. The molecule has 0 aromatic heterocycles. The molecule has 1 unspecified atom stereocenters. The van der Waals surface area contributed by atoms with E-state index in [1.807, 2.05) is 4.90 Å². The number of piperazine rings is 1. The normalized spacial score (nSPS) is 19.9. The van der Waals surface area contributed by atoms with Gasteiger partial charge in [0.2, 0.25) is 0 Å². The molecule has 0 spiro atoms. The Balaban J connectivity index is 2.13. The molecule has 1 aliphatic rings. The number of amides is 1. The third kappa shape index (κ3) is 2.88. The van der Waals surface area contributed by atoms with Crippen molar-refractivity contribution in [3.63, 3.8) is 0 Å². The van der Waals surface area contributed by atoms with Gasteiger partial charge in [0, 0.05) is 31.2 Å². The first kappa shape index (κ1) is 14.7. The zero-order valence-electron chi connectivity index (χ0n) is 12.4. The molecule has 20 heavy (non-hydrogen) atoms. The van der Waals surface area contributed by atoms with E-state index >= 15 is 0 Å². The Morgan fingerprint density at radius 3 is 2.80 bits per heavy atom. The topological polar surface area (TPSA) is 58.8 Å². The summed E-state index contributed by atoms with van der Waals surface area (Å²) in [7, 11) is 3.68. The number of ether oxygens (including phenoxy) is 1. The molecular formula is C15H23N3O2. The monoisotopic (exact) mass is 277 g/mol. The Labute approximate surface area is 120 Å². The molecule has 1 heterocycles. The molecule has 1 saturated heterocycles. The highest BCUT2D eigenvalue weighted by molar-refractivity contribution is 5.95. The number of hydrogen-bond donors (Lipinski definition) is 1. The number of nitrogen functional groups attached to an aromatic ring is 1. The number of nitrogens with two attached hydrogens (primary N) is 1. The minimum atomic E-state index is 0.0471. The zero-order valence-corrected chi connectivity index (χ0v) is 12.4. The predicted octanol–water partition coefficient (Wildman–Crippen LogP) is 1.44. The lowest BCUT2D eigenvalue weighted by molar-refractivity contribution is 0.0542. The van der Waals surface area contributed by atoms with Crippen molar-refractivity contribution in [2.24, 2.45) is 0 Å². The Kier molecular flexibility index (Phi) is 4.49. The highest BCUT2D eigenvalue weighted by atomic mass is 16.5. The van der Waals surface area contributed by atoms with Gasteiger partial charge in [0.05, 0.1) is 12.8 Å². The van der Waals surface area contributed by atoms with Crippen molar-refractivity contribution in [3.8, 4) is 5.75 Å². The summed E-state index contributed by atoms with van der Waals surface area (Å²) in [5.41, 5.74) is 7.00. The van der Waals surface area contributed by atoms with Crippen LogP contribution in [0.15, 0.2) is 18.2 Å². The van der Waals surface area contributed by atoms with E-state index in [-0.39, 0.29) is 5.91 Å². The summed E-state index contributed by atoms with van der Waals surface area (Å²) in [5, 5.41) is 0. The van der Waals surface area contributed by atoms with Crippen molar-refractivity contribution in [1.82, 2.24) is 9.80 Å². The maximum atomic E-state index is 12.5. The van der Waals surface area contributed by atoms with E-state index in [1.165, 1.54) is 0 Å². The van der Waals surface area contributed by atoms with Crippen molar-refractivity contribution >= 4 is 11.6 Å². The maximum absolute atomic E-state index is 12.5. The van der Waals surface area contributed by atoms with E-state index in [2.05, 4.69) is 18.9 Å². The van der Waals surface area contributed by atoms with Crippen molar-refractivity contribution in [1.29, 1.82) is 0 Å². The molecule has 2 N–H and O–H groups in total. The summed E-state index contributed by atoms with van der Waals surface area (Å²) >= 11 is 0. The van der Waals surface area contributed by atoms with Crippen LogP contribution in [0.2, 0.25) is 0 Å². The number of hydrogen-bond acceptors (Lipinski definition) is 4. The van der Waals surface area contributed by atoms with Gasteiger partial charge < -0.3 is 15.4 Å². The first-order chi connectivity index (χ1) is 9.56. The quantitative estimate of drug-likeness (QED) is 0.849. The average molecular weight is 277 g/mol. The average Bonchev–Trinajstić information content (AvgIpc) is 2.47. The van der Waals surface area contributed by atoms with Gasteiger partial charge in [-0.05, 0) is 31.7 Å². The van der Waals surface area contributed by atoms with Crippen LogP contribution < -0.4 is 10.5 Å². The Morgan fingerprint density at radius 2 is 2.20 bits per heavy atom. The second-order valence-electron chi connectivity index (χ2n) is 5.25. The molecule has 1 atom stereocenters.